The first-order valence-electron chi connectivity index (χ1n) is 13.4. The number of hydrogen-bond acceptors (Lipinski definition) is 5. The normalized spacial score (nSPS) is 17.9. The number of benzene rings is 2. The molecule has 2 amide bonds. The summed E-state index contributed by atoms with van der Waals surface area (Å²) in [6.45, 7) is 8.27. The molecule has 1 aliphatic heterocycles. The highest BCUT2D eigenvalue weighted by Crippen LogP contribution is 2.19. The molecule has 7 nitrogen and oxygen atoms in total. The number of nitrogens with one attached hydrogen (secondary N) is 2. The molecule has 3 rings (SSSR count). The molecule has 3 atom stereocenters. The summed E-state index contributed by atoms with van der Waals surface area (Å²) in [6, 6.07) is 10.4. The van der Waals surface area contributed by atoms with Crippen molar-refractivity contribution in [2.24, 2.45) is 5.92 Å². The van der Waals surface area contributed by atoms with E-state index in [-0.39, 0.29) is 49.8 Å². The zero-order valence-corrected chi connectivity index (χ0v) is 25.0. The Morgan fingerprint density at radius 2 is 1.87 bits per heavy atom. The van der Waals surface area contributed by atoms with E-state index >= 15 is 0 Å². The van der Waals surface area contributed by atoms with E-state index in [0.717, 1.165) is 21.6 Å². The summed E-state index contributed by atoms with van der Waals surface area (Å²) in [7, 11) is 0. The lowest BCUT2D eigenvalue weighted by atomic mass is 9.98. The number of carbonyl (C=O) groups excluding carboxylic acids is 2. The highest BCUT2D eigenvalue weighted by molar-refractivity contribution is 14.1. The Kier molecular flexibility index (Phi) is 12.1. The van der Waals surface area contributed by atoms with Crippen molar-refractivity contribution in [3.63, 3.8) is 0 Å². The Morgan fingerprint density at radius 1 is 1.15 bits per heavy atom. The van der Waals surface area contributed by atoms with Crippen LogP contribution in [0.5, 0.6) is 0 Å². The summed E-state index contributed by atoms with van der Waals surface area (Å²) in [6.07, 6.45) is -0.105. The molecule has 2 aromatic carbocycles. The Labute approximate surface area is 243 Å². The highest BCUT2D eigenvalue weighted by Gasteiger charge is 2.34. The molecule has 0 unspecified atom stereocenters. The second-order valence-electron chi connectivity index (χ2n) is 10.6. The van der Waals surface area contributed by atoms with Gasteiger partial charge in [0.15, 0.2) is 0 Å². The Bertz CT molecular complexity index is 1100. The molecule has 1 fully saturated rings. The minimum atomic E-state index is -1.02. The van der Waals surface area contributed by atoms with E-state index in [9.17, 15) is 23.5 Å². The topological polar surface area (TPSA) is 84.9 Å². The van der Waals surface area contributed by atoms with Crippen molar-refractivity contribution in [3.05, 3.63) is 68.8 Å². The number of halogens is 3. The number of piperazine rings is 1. The summed E-state index contributed by atoms with van der Waals surface area (Å²) in [5.74, 6) is -1.55. The third-order valence-electron chi connectivity index (χ3n) is 6.89. The number of carbonyl (C=O) groups is 2. The van der Waals surface area contributed by atoms with E-state index in [4.69, 9.17) is 0 Å². The van der Waals surface area contributed by atoms with Crippen molar-refractivity contribution >= 4 is 34.4 Å². The lowest BCUT2D eigenvalue weighted by Gasteiger charge is -2.43. The zero-order valence-electron chi connectivity index (χ0n) is 22.8. The lowest BCUT2D eigenvalue weighted by molar-refractivity contribution is -0.142. The molecular formula is C29H39F2IN4O3. The molecule has 214 valence electrons. The van der Waals surface area contributed by atoms with Gasteiger partial charge in [0.05, 0.1) is 25.2 Å². The second kappa shape index (κ2) is 15.0. The van der Waals surface area contributed by atoms with Gasteiger partial charge in [0.2, 0.25) is 11.8 Å². The maximum absolute atomic E-state index is 13.9. The maximum atomic E-state index is 13.9. The van der Waals surface area contributed by atoms with E-state index in [1.54, 1.807) is 0 Å². The number of amides is 2. The standard InChI is InChI=1S/C29H39F2IN4O3/c1-4-8-36-26(19(2)3)16-35(18-29(36)39)17-28(38)34-25(12-21-9-22(30)13-23(31)10-21)27(37)15-33-14-20-6-5-7-24(32)11-20/h5-7,9-11,13,19,25-27,33,37H,4,8,12,14-18H2,1-3H3,(H,34,38)/t25-,26-,27+/m0/s1. The average Bonchev–Trinajstić information content (AvgIpc) is 2.84. The van der Waals surface area contributed by atoms with Crippen LogP contribution in [0, 0.1) is 21.1 Å². The SMILES string of the molecule is CCCN1C(=O)CN(CC(=O)N[C@@H](Cc2cc(F)cc(F)c2)[C@H](O)CNCc2cccc(I)c2)C[C@H]1C(C)C. The molecule has 2 aromatic rings. The molecule has 0 saturated carbocycles. The second-order valence-corrected chi connectivity index (χ2v) is 11.8. The van der Waals surface area contributed by atoms with Crippen LogP contribution in [0.1, 0.15) is 38.3 Å². The number of nitrogens with zero attached hydrogens (tertiary/aromatic N) is 2. The molecule has 39 heavy (non-hydrogen) atoms. The van der Waals surface area contributed by atoms with Gasteiger partial charge >= 0.3 is 0 Å². The summed E-state index contributed by atoms with van der Waals surface area (Å²) in [5.41, 5.74) is 1.38. The highest BCUT2D eigenvalue weighted by atomic mass is 127. The predicted octanol–water partition coefficient (Wildman–Crippen LogP) is 3.33. The van der Waals surface area contributed by atoms with E-state index in [1.165, 1.54) is 12.1 Å². The van der Waals surface area contributed by atoms with Crippen LogP contribution in [0.25, 0.3) is 0 Å². The van der Waals surface area contributed by atoms with Crippen molar-refractivity contribution in [2.45, 2.75) is 58.3 Å². The Balaban J connectivity index is 1.66. The zero-order chi connectivity index (χ0) is 28.5. The van der Waals surface area contributed by atoms with Gasteiger partial charge in [0.25, 0.3) is 0 Å². The van der Waals surface area contributed by atoms with Crippen molar-refractivity contribution in [1.29, 1.82) is 0 Å². The first kappa shape index (κ1) is 31.4. The summed E-state index contributed by atoms with van der Waals surface area (Å²) < 4.78 is 28.8. The smallest absolute Gasteiger partial charge is 0.237 e. The van der Waals surface area contributed by atoms with Crippen LogP contribution in [0.3, 0.4) is 0 Å². The van der Waals surface area contributed by atoms with E-state index in [1.807, 2.05) is 41.0 Å². The Morgan fingerprint density at radius 3 is 2.51 bits per heavy atom. The van der Waals surface area contributed by atoms with Gasteiger partial charge in [-0.1, -0.05) is 32.9 Å². The fourth-order valence-electron chi connectivity index (χ4n) is 4.99. The minimum absolute atomic E-state index is 0.00110. The maximum Gasteiger partial charge on any atom is 0.237 e. The van der Waals surface area contributed by atoms with Crippen LogP contribution in [-0.4, -0.2) is 77.6 Å². The minimum Gasteiger partial charge on any atom is -0.390 e. The van der Waals surface area contributed by atoms with Gasteiger partial charge in [0, 0.05) is 41.9 Å². The van der Waals surface area contributed by atoms with Crippen LogP contribution in [0.15, 0.2) is 42.5 Å². The van der Waals surface area contributed by atoms with Crippen LogP contribution < -0.4 is 10.6 Å². The largest absolute Gasteiger partial charge is 0.390 e. The summed E-state index contributed by atoms with van der Waals surface area (Å²) in [4.78, 5) is 29.7. The van der Waals surface area contributed by atoms with Crippen molar-refractivity contribution in [3.8, 4) is 0 Å². The monoisotopic (exact) mass is 656 g/mol. The number of hydrogen-bond donors (Lipinski definition) is 3. The van der Waals surface area contributed by atoms with E-state index in [0.29, 0.717) is 25.2 Å². The number of aliphatic hydroxyl groups is 1. The third-order valence-corrected chi connectivity index (χ3v) is 7.56. The molecule has 10 heteroatoms. The summed E-state index contributed by atoms with van der Waals surface area (Å²) >= 11 is 2.23. The van der Waals surface area contributed by atoms with Gasteiger partial charge in [-0.25, -0.2) is 8.78 Å². The van der Waals surface area contributed by atoms with Crippen LogP contribution in [-0.2, 0) is 22.6 Å². The van der Waals surface area contributed by atoms with Gasteiger partial charge in [0.1, 0.15) is 11.6 Å². The quantitative estimate of drug-likeness (QED) is 0.289. The molecule has 0 bridgehead atoms. The Hall–Kier alpha value is -2.15. The van der Waals surface area contributed by atoms with Crippen molar-refractivity contribution < 1.29 is 23.5 Å². The van der Waals surface area contributed by atoms with Gasteiger partial charge in [-0.2, -0.15) is 0 Å². The average molecular weight is 657 g/mol. The van der Waals surface area contributed by atoms with Crippen LogP contribution in [0.4, 0.5) is 8.78 Å². The molecule has 1 heterocycles. The van der Waals surface area contributed by atoms with Gasteiger partial charge in [-0.05, 0) is 76.7 Å². The molecule has 0 radical (unpaired) electrons. The predicted molar refractivity (Wildman–Crippen MR) is 156 cm³/mol. The molecule has 1 aliphatic rings. The summed E-state index contributed by atoms with van der Waals surface area (Å²) in [5, 5.41) is 17.1. The third kappa shape index (κ3) is 9.77. The molecular weight excluding hydrogens is 617 g/mol. The van der Waals surface area contributed by atoms with Gasteiger partial charge in [-0.15, -0.1) is 0 Å². The molecule has 3 N–H and O–H groups in total. The lowest BCUT2D eigenvalue weighted by Crippen LogP contribution is -2.60. The number of rotatable bonds is 13. The molecule has 0 aromatic heterocycles. The van der Waals surface area contributed by atoms with Crippen LogP contribution in [0.2, 0.25) is 0 Å². The first-order chi connectivity index (χ1) is 18.5. The van der Waals surface area contributed by atoms with Crippen molar-refractivity contribution in [1.82, 2.24) is 20.4 Å². The first-order valence-corrected chi connectivity index (χ1v) is 14.5. The molecule has 0 aliphatic carbocycles. The van der Waals surface area contributed by atoms with Gasteiger partial charge in [-0.3, -0.25) is 14.5 Å². The number of aliphatic hydroxyl groups excluding tert-OH is 1. The molecule has 0 spiro atoms. The van der Waals surface area contributed by atoms with E-state index in [2.05, 4.69) is 47.1 Å². The molecule has 1 saturated heterocycles. The van der Waals surface area contributed by atoms with E-state index < -0.39 is 23.8 Å². The fraction of sp³-hybridized carbons (Fsp3) is 0.517. The fourth-order valence-corrected chi connectivity index (χ4v) is 5.60. The van der Waals surface area contributed by atoms with Crippen molar-refractivity contribution in [2.75, 3.05) is 32.7 Å². The van der Waals surface area contributed by atoms with Crippen LogP contribution >= 0.6 is 22.6 Å². The van der Waals surface area contributed by atoms with Gasteiger partial charge < -0.3 is 20.6 Å².